The van der Waals surface area contributed by atoms with Crippen molar-refractivity contribution in [1.82, 2.24) is 10.2 Å². The molecule has 172 valence electrons. The topological polar surface area (TPSA) is 78.5 Å². The number of rotatable bonds is 10. The molecule has 2 aromatic carbocycles. The molecule has 2 aromatic rings. The Hall–Kier alpha value is -2.64. The van der Waals surface area contributed by atoms with E-state index in [4.69, 9.17) is 0 Å². The number of sulfonamides is 1. The molecule has 1 aliphatic rings. The normalized spacial score (nSPS) is 17.3. The molecule has 1 saturated heterocycles. The van der Waals surface area contributed by atoms with Gasteiger partial charge in [0.25, 0.3) is 15.9 Å². The predicted octanol–water partition coefficient (Wildman–Crippen LogP) is 4.48. The molecule has 32 heavy (non-hydrogen) atoms. The Kier molecular flexibility index (Phi) is 8.88. The fourth-order valence-corrected chi connectivity index (χ4v) is 4.72. The number of nitrogens with zero attached hydrogens (tertiary/aromatic N) is 1. The Balaban J connectivity index is 1.41. The van der Waals surface area contributed by atoms with Crippen LogP contribution in [0.2, 0.25) is 0 Å². The zero-order chi connectivity index (χ0) is 22.8. The van der Waals surface area contributed by atoms with Gasteiger partial charge in [0.2, 0.25) is 0 Å². The largest absolute Gasteiger partial charge is 0.352 e. The standard InChI is InChI=1S/C25H33N3O3S/c1-21-9-5-7-18-28(21)19-8-6-17-26-25(29)23-12-14-24(15-13-23)27-32(30,31)20-16-22-10-3-2-4-11-22/h2-4,10-16,20-21,27H,5-9,17-19H2,1H3,(H,26,29). The number of carbonyl (C=O) groups excluding carboxylic acids is 1. The van der Waals surface area contributed by atoms with Crippen LogP contribution in [0.25, 0.3) is 6.08 Å². The van der Waals surface area contributed by atoms with Crippen molar-refractivity contribution in [3.8, 4) is 0 Å². The van der Waals surface area contributed by atoms with Gasteiger partial charge in [0.15, 0.2) is 0 Å². The maximum Gasteiger partial charge on any atom is 0.255 e. The number of carbonyl (C=O) groups is 1. The van der Waals surface area contributed by atoms with E-state index in [1.807, 2.05) is 30.3 Å². The summed E-state index contributed by atoms with van der Waals surface area (Å²) < 4.78 is 27.0. The molecule has 0 spiro atoms. The lowest BCUT2D eigenvalue weighted by Gasteiger charge is -2.33. The molecule has 0 radical (unpaired) electrons. The molecule has 0 bridgehead atoms. The molecule has 1 amide bonds. The van der Waals surface area contributed by atoms with Crippen LogP contribution in [0.15, 0.2) is 60.0 Å². The van der Waals surface area contributed by atoms with Crippen molar-refractivity contribution < 1.29 is 13.2 Å². The van der Waals surface area contributed by atoms with Gasteiger partial charge < -0.3 is 10.2 Å². The van der Waals surface area contributed by atoms with Gasteiger partial charge in [-0.15, -0.1) is 0 Å². The van der Waals surface area contributed by atoms with Gasteiger partial charge in [0.05, 0.1) is 5.41 Å². The lowest BCUT2D eigenvalue weighted by Crippen LogP contribution is -2.38. The molecule has 1 aliphatic heterocycles. The molecule has 0 saturated carbocycles. The number of unbranched alkanes of at least 4 members (excludes halogenated alkanes) is 1. The molecule has 6 nitrogen and oxygen atoms in total. The fourth-order valence-electron chi connectivity index (χ4n) is 3.85. The molecule has 1 heterocycles. The predicted molar refractivity (Wildman–Crippen MR) is 131 cm³/mol. The second kappa shape index (κ2) is 11.8. The fraction of sp³-hybridized carbons (Fsp3) is 0.400. The van der Waals surface area contributed by atoms with Crippen molar-refractivity contribution in [2.45, 2.75) is 45.1 Å². The molecular weight excluding hydrogens is 422 g/mol. The van der Waals surface area contributed by atoms with Gasteiger partial charge in [0.1, 0.15) is 0 Å². The van der Waals surface area contributed by atoms with Crippen molar-refractivity contribution in [3.05, 3.63) is 71.1 Å². The third kappa shape index (κ3) is 7.80. The highest BCUT2D eigenvalue weighted by Gasteiger charge is 2.17. The highest BCUT2D eigenvalue weighted by molar-refractivity contribution is 7.95. The number of nitrogens with one attached hydrogen (secondary N) is 2. The third-order valence-electron chi connectivity index (χ3n) is 5.74. The van der Waals surface area contributed by atoms with Crippen LogP contribution in [0, 0.1) is 0 Å². The third-order valence-corrected chi connectivity index (χ3v) is 6.76. The van der Waals surface area contributed by atoms with Gasteiger partial charge >= 0.3 is 0 Å². The van der Waals surface area contributed by atoms with Gasteiger partial charge in [-0.05, 0) is 81.6 Å². The summed E-state index contributed by atoms with van der Waals surface area (Å²) in [7, 11) is -3.63. The second-order valence-corrected chi connectivity index (χ2v) is 9.85. The van der Waals surface area contributed by atoms with Crippen molar-refractivity contribution in [2.24, 2.45) is 0 Å². The molecule has 1 unspecified atom stereocenters. The summed E-state index contributed by atoms with van der Waals surface area (Å²) >= 11 is 0. The minimum absolute atomic E-state index is 0.144. The van der Waals surface area contributed by atoms with Crippen molar-refractivity contribution in [1.29, 1.82) is 0 Å². The van der Waals surface area contributed by atoms with E-state index in [0.29, 0.717) is 23.8 Å². The van der Waals surface area contributed by atoms with Crippen LogP contribution in [-0.2, 0) is 10.0 Å². The van der Waals surface area contributed by atoms with Crippen molar-refractivity contribution in [3.63, 3.8) is 0 Å². The van der Waals surface area contributed by atoms with E-state index in [0.717, 1.165) is 30.4 Å². The monoisotopic (exact) mass is 455 g/mol. The molecule has 0 aliphatic carbocycles. The first kappa shape index (κ1) is 24.0. The summed E-state index contributed by atoms with van der Waals surface area (Å²) in [5.41, 5.74) is 1.72. The molecular formula is C25H33N3O3S. The first-order chi connectivity index (χ1) is 15.4. The number of anilines is 1. The van der Waals surface area contributed by atoms with E-state index < -0.39 is 10.0 Å². The van der Waals surface area contributed by atoms with Gasteiger partial charge in [0, 0.05) is 23.8 Å². The zero-order valence-corrected chi connectivity index (χ0v) is 19.5. The van der Waals surface area contributed by atoms with E-state index in [1.165, 1.54) is 31.9 Å². The molecule has 1 atom stereocenters. The number of amides is 1. The van der Waals surface area contributed by atoms with Crippen LogP contribution in [0.4, 0.5) is 5.69 Å². The van der Waals surface area contributed by atoms with Crippen LogP contribution in [-0.4, -0.2) is 44.9 Å². The van der Waals surface area contributed by atoms with Gasteiger partial charge in [-0.1, -0.05) is 36.8 Å². The summed E-state index contributed by atoms with van der Waals surface area (Å²) in [6, 6.07) is 16.3. The molecule has 1 fully saturated rings. The molecule has 3 rings (SSSR count). The smallest absolute Gasteiger partial charge is 0.255 e. The molecule has 0 aromatic heterocycles. The van der Waals surface area contributed by atoms with Gasteiger partial charge in [-0.3, -0.25) is 9.52 Å². The minimum Gasteiger partial charge on any atom is -0.352 e. The Morgan fingerprint density at radius 3 is 2.53 bits per heavy atom. The van der Waals surface area contributed by atoms with Gasteiger partial charge in [-0.2, -0.15) is 0 Å². The van der Waals surface area contributed by atoms with E-state index in [9.17, 15) is 13.2 Å². The number of benzene rings is 2. The Morgan fingerprint density at radius 2 is 1.81 bits per heavy atom. The van der Waals surface area contributed by atoms with E-state index in [2.05, 4.69) is 21.9 Å². The lowest BCUT2D eigenvalue weighted by molar-refractivity contribution is 0.0951. The minimum atomic E-state index is -3.63. The Bertz CT molecular complexity index is 989. The van der Waals surface area contributed by atoms with Crippen molar-refractivity contribution >= 4 is 27.7 Å². The molecule has 7 heteroatoms. The number of hydrogen-bond donors (Lipinski definition) is 2. The number of piperidine rings is 1. The zero-order valence-electron chi connectivity index (χ0n) is 18.7. The van der Waals surface area contributed by atoms with Crippen LogP contribution >= 0.6 is 0 Å². The van der Waals surface area contributed by atoms with Gasteiger partial charge in [-0.25, -0.2) is 8.42 Å². The highest BCUT2D eigenvalue weighted by atomic mass is 32.2. The first-order valence-corrected chi connectivity index (χ1v) is 12.9. The highest BCUT2D eigenvalue weighted by Crippen LogP contribution is 2.17. The Morgan fingerprint density at radius 1 is 1.06 bits per heavy atom. The van der Waals surface area contributed by atoms with E-state index in [1.54, 1.807) is 24.3 Å². The van der Waals surface area contributed by atoms with Crippen molar-refractivity contribution in [2.75, 3.05) is 24.4 Å². The molecule has 2 N–H and O–H groups in total. The van der Waals surface area contributed by atoms with Crippen LogP contribution in [0.3, 0.4) is 0 Å². The maximum absolute atomic E-state index is 12.3. The summed E-state index contributed by atoms with van der Waals surface area (Å²) in [5, 5.41) is 4.08. The van der Waals surface area contributed by atoms with Crippen LogP contribution in [0.1, 0.15) is 54.9 Å². The average Bonchev–Trinajstić information content (AvgIpc) is 2.79. The summed E-state index contributed by atoms with van der Waals surface area (Å²) in [4.78, 5) is 14.9. The summed E-state index contributed by atoms with van der Waals surface area (Å²) in [6.07, 6.45) is 7.46. The second-order valence-electron chi connectivity index (χ2n) is 8.28. The lowest BCUT2D eigenvalue weighted by atomic mass is 10.0. The Labute approximate surface area is 191 Å². The average molecular weight is 456 g/mol. The SMILES string of the molecule is CC1CCCCN1CCCCNC(=O)c1ccc(NS(=O)(=O)C=Cc2ccccc2)cc1. The quantitative estimate of drug-likeness (QED) is 0.518. The number of likely N-dealkylation sites (tertiary alicyclic amines) is 1. The summed E-state index contributed by atoms with van der Waals surface area (Å²) in [6.45, 7) is 5.21. The van der Waals surface area contributed by atoms with E-state index >= 15 is 0 Å². The first-order valence-electron chi connectivity index (χ1n) is 11.3. The summed E-state index contributed by atoms with van der Waals surface area (Å²) in [5.74, 6) is -0.144. The van der Waals surface area contributed by atoms with Crippen LogP contribution < -0.4 is 10.0 Å². The van der Waals surface area contributed by atoms with Crippen LogP contribution in [0.5, 0.6) is 0 Å². The number of hydrogen-bond acceptors (Lipinski definition) is 4. The van der Waals surface area contributed by atoms with E-state index in [-0.39, 0.29) is 5.91 Å². The maximum atomic E-state index is 12.3.